The number of ether oxygens (including phenoxy) is 2. The molecule has 94 valence electrons. The zero-order valence-electron chi connectivity index (χ0n) is 9.84. The van der Waals surface area contributed by atoms with Gasteiger partial charge in [-0.25, -0.2) is 4.98 Å². The first-order valence-corrected chi connectivity index (χ1v) is 5.11. The molecule has 0 saturated heterocycles. The molecule has 0 aliphatic heterocycles. The van der Waals surface area contributed by atoms with Crippen LogP contribution in [0, 0.1) is 0 Å². The third kappa shape index (κ3) is 4.38. The summed E-state index contributed by atoms with van der Waals surface area (Å²) in [6, 6.07) is 2.83. The van der Waals surface area contributed by atoms with Gasteiger partial charge in [0.15, 0.2) is 0 Å². The molecule has 1 rings (SSSR count). The van der Waals surface area contributed by atoms with E-state index in [0.29, 0.717) is 12.4 Å². The van der Waals surface area contributed by atoms with Gasteiger partial charge in [0.1, 0.15) is 6.04 Å². The number of carboxylic acid groups (broad SMARTS) is 1. The number of aliphatic carboxylic acids is 1. The van der Waals surface area contributed by atoms with Gasteiger partial charge in [-0.1, -0.05) is 6.07 Å². The first kappa shape index (κ1) is 13.4. The average Bonchev–Trinajstić information content (AvgIpc) is 2.34. The molecule has 1 atom stereocenters. The molecular formula is C11H16N2O4. The average molecular weight is 240 g/mol. The largest absolute Gasteiger partial charge is 0.481 e. The first-order chi connectivity index (χ1) is 8.17. The highest BCUT2D eigenvalue weighted by atomic mass is 16.5. The fourth-order valence-electron chi connectivity index (χ4n) is 1.26. The van der Waals surface area contributed by atoms with Crippen molar-refractivity contribution >= 4 is 5.97 Å². The Labute approximate surface area is 99.6 Å². The highest BCUT2D eigenvalue weighted by molar-refractivity contribution is 5.73. The smallest absolute Gasteiger partial charge is 0.323 e. The summed E-state index contributed by atoms with van der Waals surface area (Å²) in [5, 5.41) is 11.8. The minimum atomic E-state index is -0.937. The molecule has 0 aliphatic carbocycles. The van der Waals surface area contributed by atoms with Crippen molar-refractivity contribution in [3.8, 4) is 5.88 Å². The molecule has 2 N–H and O–H groups in total. The van der Waals surface area contributed by atoms with Crippen LogP contribution < -0.4 is 10.1 Å². The van der Waals surface area contributed by atoms with Crippen LogP contribution in [0.5, 0.6) is 5.88 Å². The molecular weight excluding hydrogens is 224 g/mol. The number of hydrogen-bond acceptors (Lipinski definition) is 5. The third-order valence-electron chi connectivity index (χ3n) is 2.19. The number of carboxylic acids is 1. The molecule has 1 aromatic rings. The van der Waals surface area contributed by atoms with E-state index in [2.05, 4.69) is 10.3 Å². The van der Waals surface area contributed by atoms with E-state index >= 15 is 0 Å². The van der Waals surface area contributed by atoms with Gasteiger partial charge in [-0.2, -0.15) is 0 Å². The fraction of sp³-hybridized carbons (Fsp3) is 0.455. The number of hydrogen-bond donors (Lipinski definition) is 2. The van der Waals surface area contributed by atoms with E-state index in [1.807, 2.05) is 6.07 Å². The summed E-state index contributed by atoms with van der Waals surface area (Å²) in [5.41, 5.74) is 0.883. The van der Waals surface area contributed by atoms with E-state index in [1.54, 1.807) is 19.4 Å². The molecule has 0 saturated carbocycles. The molecule has 0 radical (unpaired) electrons. The van der Waals surface area contributed by atoms with Crippen molar-refractivity contribution in [3.63, 3.8) is 0 Å². The van der Waals surface area contributed by atoms with Crippen molar-refractivity contribution in [1.29, 1.82) is 0 Å². The Morgan fingerprint density at radius 1 is 1.53 bits per heavy atom. The molecule has 0 spiro atoms. The first-order valence-electron chi connectivity index (χ1n) is 5.11. The second kappa shape index (κ2) is 6.82. The summed E-state index contributed by atoms with van der Waals surface area (Å²) in [4.78, 5) is 14.9. The summed E-state index contributed by atoms with van der Waals surface area (Å²) in [6.07, 6.45) is 1.64. The number of nitrogens with one attached hydrogen (secondary N) is 1. The van der Waals surface area contributed by atoms with Crippen LogP contribution in [-0.4, -0.2) is 42.9 Å². The summed E-state index contributed by atoms with van der Waals surface area (Å²) in [5.74, 6) is -0.409. The summed E-state index contributed by atoms with van der Waals surface area (Å²) in [6.45, 7) is 0.538. The van der Waals surface area contributed by atoms with Gasteiger partial charge in [0, 0.05) is 25.9 Å². The standard InChI is InChI=1S/C11H16N2O4/c1-16-7-9(11(14)15)12-5-8-3-4-10(17-2)13-6-8/h3-4,6,9,12H,5,7H2,1-2H3,(H,14,15). The zero-order valence-corrected chi connectivity index (χ0v) is 9.84. The van der Waals surface area contributed by atoms with Gasteiger partial charge in [0.25, 0.3) is 0 Å². The van der Waals surface area contributed by atoms with Crippen molar-refractivity contribution in [1.82, 2.24) is 10.3 Å². The minimum Gasteiger partial charge on any atom is -0.481 e. The quantitative estimate of drug-likeness (QED) is 0.712. The van der Waals surface area contributed by atoms with Gasteiger partial charge < -0.3 is 14.6 Å². The zero-order chi connectivity index (χ0) is 12.7. The Bertz CT molecular complexity index is 353. The van der Waals surface area contributed by atoms with Crippen LogP contribution in [0.4, 0.5) is 0 Å². The molecule has 0 bridgehead atoms. The van der Waals surface area contributed by atoms with Crippen LogP contribution in [-0.2, 0) is 16.1 Å². The van der Waals surface area contributed by atoms with E-state index < -0.39 is 12.0 Å². The van der Waals surface area contributed by atoms with Crippen molar-refractivity contribution in [2.45, 2.75) is 12.6 Å². The van der Waals surface area contributed by atoms with Gasteiger partial charge in [0.2, 0.25) is 5.88 Å². The van der Waals surface area contributed by atoms with Crippen molar-refractivity contribution in [2.75, 3.05) is 20.8 Å². The maximum Gasteiger partial charge on any atom is 0.323 e. The van der Waals surface area contributed by atoms with Gasteiger partial charge in [-0.15, -0.1) is 0 Å². The predicted molar refractivity (Wildman–Crippen MR) is 60.9 cm³/mol. The lowest BCUT2D eigenvalue weighted by molar-refractivity contribution is -0.140. The number of pyridine rings is 1. The van der Waals surface area contributed by atoms with E-state index in [-0.39, 0.29) is 6.61 Å². The lowest BCUT2D eigenvalue weighted by atomic mass is 10.2. The maximum atomic E-state index is 10.8. The maximum absolute atomic E-state index is 10.8. The van der Waals surface area contributed by atoms with Crippen LogP contribution in [0.25, 0.3) is 0 Å². The monoisotopic (exact) mass is 240 g/mol. The lowest BCUT2D eigenvalue weighted by Crippen LogP contribution is -2.39. The van der Waals surface area contributed by atoms with Gasteiger partial charge in [-0.3, -0.25) is 10.1 Å². The Kier molecular flexibility index (Phi) is 5.38. The van der Waals surface area contributed by atoms with Crippen LogP contribution in [0.15, 0.2) is 18.3 Å². The normalized spacial score (nSPS) is 12.1. The van der Waals surface area contributed by atoms with E-state index in [9.17, 15) is 4.79 Å². The third-order valence-corrected chi connectivity index (χ3v) is 2.19. The molecule has 1 unspecified atom stereocenters. The molecule has 1 heterocycles. The summed E-state index contributed by atoms with van der Waals surface area (Å²) >= 11 is 0. The Hall–Kier alpha value is -1.66. The fourth-order valence-corrected chi connectivity index (χ4v) is 1.26. The van der Waals surface area contributed by atoms with E-state index in [0.717, 1.165) is 5.56 Å². The predicted octanol–water partition coefficient (Wildman–Crippen LogP) is 0.279. The molecule has 0 fully saturated rings. The van der Waals surface area contributed by atoms with Gasteiger partial charge >= 0.3 is 5.97 Å². The second-order valence-corrected chi connectivity index (χ2v) is 3.44. The van der Waals surface area contributed by atoms with Gasteiger partial charge in [-0.05, 0) is 5.56 Å². The topological polar surface area (TPSA) is 80.7 Å². The number of aromatic nitrogens is 1. The summed E-state index contributed by atoms with van der Waals surface area (Å²) in [7, 11) is 3.01. The lowest BCUT2D eigenvalue weighted by Gasteiger charge is -2.13. The van der Waals surface area contributed by atoms with E-state index in [1.165, 1.54) is 7.11 Å². The van der Waals surface area contributed by atoms with Crippen molar-refractivity contribution in [3.05, 3.63) is 23.9 Å². The second-order valence-electron chi connectivity index (χ2n) is 3.44. The number of carbonyl (C=O) groups is 1. The highest BCUT2D eigenvalue weighted by Crippen LogP contribution is 2.06. The molecule has 0 amide bonds. The molecule has 1 aromatic heterocycles. The van der Waals surface area contributed by atoms with Gasteiger partial charge in [0.05, 0.1) is 13.7 Å². The highest BCUT2D eigenvalue weighted by Gasteiger charge is 2.15. The van der Waals surface area contributed by atoms with Crippen molar-refractivity contribution < 1.29 is 19.4 Å². The Morgan fingerprint density at radius 2 is 2.29 bits per heavy atom. The molecule has 0 aliphatic rings. The Morgan fingerprint density at radius 3 is 2.76 bits per heavy atom. The molecule has 17 heavy (non-hydrogen) atoms. The Balaban J connectivity index is 2.50. The van der Waals surface area contributed by atoms with Crippen LogP contribution in [0.2, 0.25) is 0 Å². The van der Waals surface area contributed by atoms with Crippen LogP contribution in [0.3, 0.4) is 0 Å². The number of rotatable bonds is 7. The van der Waals surface area contributed by atoms with Crippen LogP contribution in [0.1, 0.15) is 5.56 Å². The minimum absolute atomic E-state index is 0.124. The SMILES string of the molecule is COCC(NCc1ccc(OC)nc1)C(=O)O. The molecule has 6 heteroatoms. The summed E-state index contributed by atoms with van der Waals surface area (Å²) < 4.78 is 9.74. The van der Waals surface area contributed by atoms with E-state index in [4.69, 9.17) is 14.6 Å². The van der Waals surface area contributed by atoms with Crippen molar-refractivity contribution in [2.24, 2.45) is 0 Å². The van der Waals surface area contributed by atoms with Crippen LogP contribution >= 0.6 is 0 Å². The number of nitrogens with zero attached hydrogens (tertiary/aromatic N) is 1. The molecule has 6 nitrogen and oxygen atoms in total. The number of methoxy groups -OCH3 is 2. The molecule has 0 aromatic carbocycles.